The molecule has 0 amide bonds. The minimum atomic E-state index is -0.974. The number of carboxylic acids is 1. The van der Waals surface area contributed by atoms with Gasteiger partial charge in [-0.2, -0.15) is 0 Å². The van der Waals surface area contributed by atoms with Crippen molar-refractivity contribution in [2.75, 3.05) is 19.7 Å². The Morgan fingerprint density at radius 1 is 0.929 bits per heavy atom. The summed E-state index contributed by atoms with van der Waals surface area (Å²) < 4.78 is 6.30. The maximum atomic E-state index is 14.5. The first-order valence-electron chi connectivity index (χ1n) is 20.8. The van der Waals surface area contributed by atoms with Crippen molar-refractivity contribution in [3.8, 4) is 5.75 Å². The third-order valence-electron chi connectivity index (χ3n) is 12.9. The minimum Gasteiger partial charge on any atom is -0.494 e. The van der Waals surface area contributed by atoms with Crippen LogP contribution in [0.4, 0.5) is 0 Å². The molecule has 5 aliphatic rings. The van der Waals surface area contributed by atoms with Gasteiger partial charge in [0.2, 0.25) is 0 Å². The molecule has 286 valence electrons. The summed E-state index contributed by atoms with van der Waals surface area (Å²) in [4.78, 5) is 35.6. The molecule has 1 atom stereocenters. The number of carboxylic acid groups (broad SMARTS) is 1. The molecule has 1 aliphatic heterocycles. The van der Waals surface area contributed by atoms with Gasteiger partial charge in [-0.25, -0.2) is 4.79 Å². The third-order valence-corrected chi connectivity index (χ3v) is 12.9. The second-order valence-electron chi connectivity index (χ2n) is 16.6. The fraction of sp³-hybridized carbons (Fsp3) is 0.388. The number of hydrogen-bond donors (Lipinski definition) is 1. The number of ether oxygens (including phenoxy) is 1. The molecular formula is C49H51N3O4. The van der Waals surface area contributed by atoms with Crippen molar-refractivity contribution >= 4 is 39.0 Å². The van der Waals surface area contributed by atoms with Crippen LogP contribution in [0, 0.1) is 18.8 Å². The predicted molar refractivity (Wildman–Crippen MR) is 222 cm³/mol. The van der Waals surface area contributed by atoms with Gasteiger partial charge in [-0.15, -0.1) is 0 Å². The molecule has 0 spiro atoms. The van der Waals surface area contributed by atoms with Gasteiger partial charge in [-0.1, -0.05) is 66.1 Å². The average Bonchev–Trinajstić information content (AvgIpc) is 4.04. The van der Waals surface area contributed by atoms with Crippen LogP contribution in [0.15, 0.2) is 90.9 Å². The molecule has 1 unspecified atom stereocenters. The highest BCUT2D eigenvalue weighted by Gasteiger charge is 2.41. The summed E-state index contributed by atoms with van der Waals surface area (Å²) in [5.74, 6) is 2.45. The monoisotopic (exact) mass is 745 g/mol. The molecule has 3 aromatic carbocycles. The summed E-state index contributed by atoms with van der Waals surface area (Å²) in [7, 11) is 0. The average molecular weight is 746 g/mol. The van der Waals surface area contributed by atoms with Crippen molar-refractivity contribution in [2.45, 2.75) is 90.0 Å². The van der Waals surface area contributed by atoms with Crippen molar-refractivity contribution in [3.63, 3.8) is 0 Å². The number of carbonyl (C=O) groups excluding carboxylic acids is 1. The molecule has 10 rings (SSSR count). The minimum absolute atomic E-state index is 0.0225. The fourth-order valence-electron chi connectivity index (χ4n) is 9.75. The smallest absolute Gasteiger partial charge is 0.337 e. The SMILES string of the molecule is CCOc1cc(CN2CCC(C3C(=O)c4c(ccc5cc(C)ccc45)C4=C3CCC=C4)CC2)cc(C2CC2)c1C1CCC1.O=C(O)c1cnc2ccncc2c1. The number of likely N-dealkylation sites (tertiary alicyclic amines) is 1. The van der Waals surface area contributed by atoms with Crippen LogP contribution in [0.2, 0.25) is 0 Å². The van der Waals surface area contributed by atoms with Gasteiger partial charge in [0.1, 0.15) is 5.75 Å². The summed E-state index contributed by atoms with van der Waals surface area (Å²) in [6.45, 7) is 8.09. The van der Waals surface area contributed by atoms with Gasteiger partial charge in [0.05, 0.1) is 17.7 Å². The standard InChI is InChI=1S/C40H45NO2.C9H6N2O2/c1-3-43-36-23-26(22-35(27-12-13-27)37(36)28-7-6-8-28)24-41-19-17-29(18-20-41)38-33-10-5-4-9-32(33)34-16-14-30-21-25(2)11-15-31(30)39(34)40(38)42;12-9(13)7-3-6-4-10-2-1-8(6)11-5-7/h4,9,11,14-16,21-23,27-29,38H,3,5-8,10,12-13,17-20,24H2,1-2H3;1-5H,(H,12,13). The molecule has 5 aromatic rings. The van der Waals surface area contributed by atoms with E-state index in [1.165, 1.54) is 71.7 Å². The predicted octanol–water partition coefficient (Wildman–Crippen LogP) is 10.8. The molecule has 0 radical (unpaired) electrons. The van der Waals surface area contributed by atoms with Crippen LogP contribution in [-0.2, 0) is 6.54 Å². The Morgan fingerprint density at radius 2 is 1.77 bits per heavy atom. The Kier molecular flexibility index (Phi) is 10.0. The number of piperidine rings is 1. The number of ketones is 1. The summed E-state index contributed by atoms with van der Waals surface area (Å²) in [5, 5.41) is 11.7. The summed E-state index contributed by atoms with van der Waals surface area (Å²) in [6, 6.07) is 19.2. The number of fused-ring (bicyclic) bond motifs is 5. The van der Waals surface area contributed by atoms with E-state index in [-0.39, 0.29) is 11.5 Å². The van der Waals surface area contributed by atoms with E-state index in [1.54, 1.807) is 35.7 Å². The molecule has 3 heterocycles. The number of Topliss-reactive ketones (excluding diaryl/α,β-unsaturated/α-hetero) is 1. The number of carbonyl (C=O) groups is 2. The Bertz CT molecular complexity index is 2400. The number of rotatable bonds is 8. The van der Waals surface area contributed by atoms with E-state index >= 15 is 0 Å². The largest absolute Gasteiger partial charge is 0.494 e. The van der Waals surface area contributed by atoms with E-state index in [4.69, 9.17) is 9.84 Å². The van der Waals surface area contributed by atoms with Gasteiger partial charge in [0.25, 0.3) is 0 Å². The lowest BCUT2D eigenvalue weighted by atomic mass is 9.66. The lowest BCUT2D eigenvalue weighted by Crippen LogP contribution is -2.40. The normalized spacial score (nSPS) is 20.0. The van der Waals surface area contributed by atoms with Crippen molar-refractivity contribution < 1.29 is 19.4 Å². The number of allylic oxidation sites excluding steroid dienone is 4. The van der Waals surface area contributed by atoms with E-state index in [9.17, 15) is 9.59 Å². The lowest BCUT2D eigenvalue weighted by molar-refractivity contribution is 0.0696. The number of aryl methyl sites for hydroxylation is 1. The molecule has 4 aliphatic carbocycles. The first-order valence-corrected chi connectivity index (χ1v) is 20.8. The van der Waals surface area contributed by atoms with Gasteiger partial charge in [-0.05, 0) is 147 Å². The molecule has 1 N–H and O–H groups in total. The Balaban J connectivity index is 0.000000267. The van der Waals surface area contributed by atoms with Crippen LogP contribution < -0.4 is 4.74 Å². The van der Waals surface area contributed by atoms with Gasteiger partial charge in [0, 0.05) is 47.6 Å². The molecule has 7 nitrogen and oxygen atoms in total. The Hall–Kier alpha value is -5.14. The van der Waals surface area contributed by atoms with Gasteiger partial charge >= 0.3 is 5.97 Å². The zero-order valence-corrected chi connectivity index (χ0v) is 32.6. The van der Waals surface area contributed by atoms with Crippen molar-refractivity contribution in [2.24, 2.45) is 11.8 Å². The van der Waals surface area contributed by atoms with E-state index in [2.05, 4.69) is 83.3 Å². The summed E-state index contributed by atoms with van der Waals surface area (Å²) >= 11 is 0. The van der Waals surface area contributed by atoms with Crippen LogP contribution >= 0.6 is 0 Å². The van der Waals surface area contributed by atoms with Crippen LogP contribution in [0.5, 0.6) is 5.75 Å². The molecular weight excluding hydrogens is 695 g/mol. The molecule has 7 heteroatoms. The first-order chi connectivity index (χ1) is 27.4. The highest BCUT2D eigenvalue weighted by Crippen LogP contribution is 2.51. The molecule has 3 fully saturated rings. The van der Waals surface area contributed by atoms with Crippen molar-refractivity contribution in [3.05, 3.63) is 130 Å². The van der Waals surface area contributed by atoms with E-state index in [0.29, 0.717) is 17.6 Å². The van der Waals surface area contributed by atoms with Crippen LogP contribution in [0.1, 0.15) is 125 Å². The topological polar surface area (TPSA) is 92.6 Å². The molecule has 0 bridgehead atoms. The van der Waals surface area contributed by atoms with E-state index in [0.717, 1.165) is 85.3 Å². The number of nitrogens with zero attached hydrogens (tertiary/aromatic N) is 3. The quantitative estimate of drug-likeness (QED) is 0.169. The number of hydrogen-bond acceptors (Lipinski definition) is 6. The first kappa shape index (κ1) is 36.5. The van der Waals surface area contributed by atoms with Gasteiger partial charge in [0.15, 0.2) is 5.78 Å². The fourth-order valence-corrected chi connectivity index (χ4v) is 9.75. The molecule has 2 aromatic heterocycles. The highest BCUT2D eigenvalue weighted by molar-refractivity contribution is 6.17. The van der Waals surface area contributed by atoms with Crippen molar-refractivity contribution in [1.29, 1.82) is 0 Å². The highest BCUT2D eigenvalue weighted by atomic mass is 16.5. The lowest BCUT2D eigenvalue weighted by Gasteiger charge is -2.40. The second kappa shape index (κ2) is 15.4. The Morgan fingerprint density at radius 3 is 2.52 bits per heavy atom. The number of benzene rings is 3. The Labute approximate surface area is 329 Å². The molecule has 56 heavy (non-hydrogen) atoms. The van der Waals surface area contributed by atoms with Gasteiger partial charge in [-0.3, -0.25) is 19.7 Å². The number of aromatic nitrogens is 2. The molecule has 2 saturated carbocycles. The maximum absolute atomic E-state index is 14.5. The van der Waals surface area contributed by atoms with Crippen LogP contribution in [-0.4, -0.2) is 51.4 Å². The van der Waals surface area contributed by atoms with E-state index in [1.807, 2.05) is 0 Å². The number of pyridine rings is 2. The number of aromatic carboxylic acids is 1. The third kappa shape index (κ3) is 7.07. The zero-order valence-electron chi connectivity index (χ0n) is 32.6. The summed E-state index contributed by atoms with van der Waals surface area (Å²) in [5.41, 5.74) is 11.6. The van der Waals surface area contributed by atoms with Crippen LogP contribution in [0.25, 0.3) is 27.2 Å². The molecule has 1 saturated heterocycles. The van der Waals surface area contributed by atoms with Crippen molar-refractivity contribution in [1.82, 2.24) is 14.9 Å². The zero-order chi connectivity index (χ0) is 38.3. The van der Waals surface area contributed by atoms with E-state index < -0.39 is 5.97 Å². The van der Waals surface area contributed by atoms with Gasteiger partial charge < -0.3 is 9.84 Å². The second-order valence-corrected chi connectivity index (χ2v) is 16.6. The van der Waals surface area contributed by atoms with Crippen LogP contribution in [0.3, 0.4) is 0 Å². The summed E-state index contributed by atoms with van der Waals surface area (Å²) in [6.07, 6.45) is 20.1. The maximum Gasteiger partial charge on any atom is 0.337 e.